The van der Waals surface area contributed by atoms with E-state index < -0.39 is 4.92 Å². The molecule has 0 saturated heterocycles. The van der Waals surface area contributed by atoms with Crippen molar-refractivity contribution in [2.75, 3.05) is 5.73 Å². The SMILES string of the molecule is Nc1csc([N+](=O)[O-])n1. The second kappa shape index (κ2) is 1.98. The van der Waals surface area contributed by atoms with E-state index in [4.69, 9.17) is 5.73 Å². The van der Waals surface area contributed by atoms with E-state index in [1.165, 1.54) is 5.38 Å². The number of nitro groups is 1. The largest absolute Gasteiger partial charge is 0.425 e. The molecule has 0 bridgehead atoms. The average molecular weight is 145 g/mol. The average Bonchev–Trinajstić information content (AvgIpc) is 2.14. The molecule has 0 amide bonds. The van der Waals surface area contributed by atoms with Crippen LogP contribution in [0.4, 0.5) is 10.9 Å². The van der Waals surface area contributed by atoms with Gasteiger partial charge in [-0.05, 0) is 21.2 Å². The second-order valence-electron chi connectivity index (χ2n) is 1.31. The van der Waals surface area contributed by atoms with Crippen LogP contribution in [0.5, 0.6) is 0 Å². The van der Waals surface area contributed by atoms with Crippen molar-refractivity contribution < 1.29 is 4.92 Å². The normalized spacial score (nSPS) is 9.33. The molecule has 9 heavy (non-hydrogen) atoms. The zero-order valence-corrected chi connectivity index (χ0v) is 5.09. The molecule has 48 valence electrons. The van der Waals surface area contributed by atoms with Gasteiger partial charge in [0.15, 0.2) is 0 Å². The van der Waals surface area contributed by atoms with E-state index in [-0.39, 0.29) is 10.9 Å². The smallest absolute Gasteiger partial charge is 0.362 e. The fourth-order valence-electron chi connectivity index (χ4n) is 0.360. The molecule has 0 aliphatic heterocycles. The topological polar surface area (TPSA) is 82.0 Å². The van der Waals surface area contributed by atoms with Crippen LogP contribution in [0.25, 0.3) is 0 Å². The second-order valence-corrected chi connectivity index (χ2v) is 2.15. The minimum atomic E-state index is -0.568. The highest BCUT2D eigenvalue weighted by Crippen LogP contribution is 2.17. The Balaban J connectivity index is 2.98. The standard InChI is InChI=1S/C3H3N3O2S/c4-2-1-9-3(5-2)6(7)8/h1H,4H2. The van der Waals surface area contributed by atoms with E-state index in [1.54, 1.807) is 0 Å². The molecule has 0 spiro atoms. The first-order valence-electron chi connectivity index (χ1n) is 2.05. The summed E-state index contributed by atoms with van der Waals surface area (Å²) in [5.41, 5.74) is 5.11. The number of anilines is 1. The number of thiazole rings is 1. The van der Waals surface area contributed by atoms with Gasteiger partial charge < -0.3 is 15.8 Å². The lowest BCUT2D eigenvalue weighted by Crippen LogP contribution is -1.87. The van der Waals surface area contributed by atoms with Crippen molar-refractivity contribution >= 4 is 22.3 Å². The summed E-state index contributed by atoms with van der Waals surface area (Å²) >= 11 is 0.922. The molecular weight excluding hydrogens is 142 g/mol. The fourth-order valence-corrected chi connectivity index (χ4v) is 0.883. The van der Waals surface area contributed by atoms with E-state index in [0.717, 1.165) is 11.3 Å². The van der Waals surface area contributed by atoms with Gasteiger partial charge in [-0.1, -0.05) is 0 Å². The van der Waals surface area contributed by atoms with Crippen LogP contribution in [0.2, 0.25) is 0 Å². The Morgan fingerprint density at radius 3 is 2.78 bits per heavy atom. The molecular formula is C3H3N3O2S. The van der Waals surface area contributed by atoms with Crippen LogP contribution in [-0.2, 0) is 0 Å². The first kappa shape index (κ1) is 5.96. The van der Waals surface area contributed by atoms with E-state index in [9.17, 15) is 10.1 Å². The molecule has 0 aliphatic rings. The zero-order chi connectivity index (χ0) is 6.85. The van der Waals surface area contributed by atoms with Crippen molar-refractivity contribution in [1.29, 1.82) is 0 Å². The van der Waals surface area contributed by atoms with Crippen molar-refractivity contribution in [3.63, 3.8) is 0 Å². The Kier molecular flexibility index (Phi) is 1.31. The lowest BCUT2D eigenvalue weighted by molar-refractivity contribution is -0.384. The third-order valence-corrected chi connectivity index (χ3v) is 1.48. The third-order valence-electron chi connectivity index (χ3n) is 0.666. The van der Waals surface area contributed by atoms with Gasteiger partial charge >= 0.3 is 5.13 Å². The summed E-state index contributed by atoms with van der Waals surface area (Å²) < 4.78 is 0. The van der Waals surface area contributed by atoms with Gasteiger partial charge in [0, 0.05) is 0 Å². The van der Waals surface area contributed by atoms with Gasteiger partial charge in [0.25, 0.3) is 0 Å². The quantitative estimate of drug-likeness (QED) is 0.464. The van der Waals surface area contributed by atoms with Crippen LogP contribution in [0.1, 0.15) is 0 Å². The molecule has 5 nitrogen and oxygen atoms in total. The summed E-state index contributed by atoms with van der Waals surface area (Å²) in [4.78, 5) is 12.8. The molecule has 1 heterocycles. The zero-order valence-electron chi connectivity index (χ0n) is 4.27. The Morgan fingerprint density at radius 2 is 2.56 bits per heavy atom. The van der Waals surface area contributed by atoms with Crippen LogP contribution in [0, 0.1) is 10.1 Å². The number of rotatable bonds is 1. The van der Waals surface area contributed by atoms with Crippen molar-refractivity contribution in [2.24, 2.45) is 0 Å². The van der Waals surface area contributed by atoms with Crippen LogP contribution >= 0.6 is 11.3 Å². The number of nitrogens with two attached hydrogens (primary N) is 1. The molecule has 6 heteroatoms. The maximum Gasteiger partial charge on any atom is 0.425 e. The van der Waals surface area contributed by atoms with Gasteiger partial charge in [0.05, 0.1) is 5.38 Å². The summed E-state index contributed by atoms with van der Waals surface area (Å²) in [6.45, 7) is 0. The van der Waals surface area contributed by atoms with Gasteiger partial charge in [-0.15, -0.1) is 0 Å². The molecule has 1 aromatic heterocycles. The van der Waals surface area contributed by atoms with Crippen LogP contribution in [0.3, 0.4) is 0 Å². The Morgan fingerprint density at radius 1 is 1.89 bits per heavy atom. The highest BCUT2D eigenvalue weighted by molar-refractivity contribution is 7.13. The molecule has 2 N–H and O–H groups in total. The van der Waals surface area contributed by atoms with Gasteiger partial charge in [-0.2, -0.15) is 0 Å². The minimum absolute atomic E-state index is 0.160. The van der Waals surface area contributed by atoms with E-state index in [2.05, 4.69) is 4.98 Å². The lowest BCUT2D eigenvalue weighted by atomic mass is 10.8. The predicted molar refractivity (Wildman–Crippen MR) is 33.2 cm³/mol. The summed E-state index contributed by atoms with van der Waals surface area (Å²) in [5.74, 6) is 0.201. The number of nitrogen functional groups attached to an aromatic ring is 1. The number of aromatic nitrogens is 1. The van der Waals surface area contributed by atoms with Crippen molar-refractivity contribution in [2.45, 2.75) is 0 Å². The molecule has 1 aromatic rings. The monoisotopic (exact) mass is 145 g/mol. The Hall–Kier alpha value is -1.17. The van der Waals surface area contributed by atoms with E-state index in [0.29, 0.717) is 0 Å². The first-order valence-corrected chi connectivity index (χ1v) is 2.93. The molecule has 0 saturated carbocycles. The molecule has 0 radical (unpaired) electrons. The molecule has 0 aromatic carbocycles. The Labute approximate surface area is 54.3 Å². The lowest BCUT2D eigenvalue weighted by Gasteiger charge is -1.80. The molecule has 0 aliphatic carbocycles. The summed E-state index contributed by atoms with van der Waals surface area (Å²) in [5, 5.41) is 11.2. The van der Waals surface area contributed by atoms with Crippen molar-refractivity contribution in [3.8, 4) is 0 Å². The van der Waals surface area contributed by atoms with Crippen molar-refractivity contribution in [1.82, 2.24) is 4.98 Å². The summed E-state index contributed by atoms with van der Waals surface area (Å²) in [6.07, 6.45) is 0. The van der Waals surface area contributed by atoms with Gasteiger partial charge in [0.1, 0.15) is 0 Å². The van der Waals surface area contributed by atoms with Crippen LogP contribution in [0.15, 0.2) is 5.38 Å². The van der Waals surface area contributed by atoms with Crippen molar-refractivity contribution in [3.05, 3.63) is 15.5 Å². The highest BCUT2D eigenvalue weighted by Gasteiger charge is 2.09. The van der Waals surface area contributed by atoms with E-state index >= 15 is 0 Å². The molecule has 0 fully saturated rings. The van der Waals surface area contributed by atoms with Crippen LogP contribution in [-0.4, -0.2) is 9.91 Å². The third kappa shape index (κ3) is 1.14. The first-order chi connectivity index (χ1) is 4.20. The van der Waals surface area contributed by atoms with Gasteiger partial charge in [-0.3, -0.25) is 0 Å². The molecule has 0 atom stereocenters. The van der Waals surface area contributed by atoms with Gasteiger partial charge in [0.2, 0.25) is 5.82 Å². The fraction of sp³-hybridized carbons (Fsp3) is 0. The van der Waals surface area contributed by atoms with E-state index in [1.807, 2.05) is 0 Å². The maximum atomic E-state index is 9.91. The predicted octanol–water partition coefficient (Wildman–Crippen LogP) is 0.633. The maximum absolute atomic E-state index is 9.91. The number of hydrogen-bond acceptors (Lipinski definition) is 5. The summed E-state index contributed by atoms with van der Waals surface area (Å²) in [6, 6.07) is 0. The minimum Gasteiger partial charge on any atom is -0.362 e. The molecule has 1 rings (SSSR count). The summed E-state index contributed by atoms with van der Waals surface area (Å²) in [7, 11) is 0. The number of nitrogens with zero attached hydrogens (tertiary/aromatic N) is 2. The molecule has 0 unspecified atom stereocenters. The van der Waals surface area contributed by atoms with Crippen LogP contribution < -0.4 is 5.73 Å². The highest BCUT2D eigenvalue weighted by atomic mass is 32.1. The van der Waals surface area contributed by atoms with Gasteiger partial charge in [-0.25, -0.2) is 0 Å². The number of hydrogen-bond donors (Lipinski definition) is 1. The Bertz CT molecular complexity index is 233.